The highest BCUT2D eigenvalue weighted by molar-refractivity contribution is 5.51. The monoisotopic (exact) mass is 268 g/mol. The van der Waals surface area contributed by atoms with Gasteiger partial charge in [-0.25, -0.2) is 0 Å². The summed E-state index contributed by atoms with van der Waals surface area (Å²) in [6.07, 6.45) is 0.294. The number of benzene rings is 1. The third-order valence-electron chi connectivity index (χ3n) is 2.61. The fourth-order valence-electron chi connectivity index (χ4n) is 1.65. The van der Waals surface area contributed by atoms with Crippen LogP contribution in [0.15, 0.2) is 18.2 Å². The molecule has 6 nitrogen and oxygen atoms in total. The maximum absolute atomic E-state index is 10.9. The quantitative estimate of drug-likeness (QED) is 0.425. The number of aryl methyl sites for hydroxylation is 1. The predicted octanol–water partition coefficient (Wildman–Crippen LogP) is 1.64. The Morgan fingerprint density at radius 3 is 2.89 bits per heavy atom. The lowest BCUT2D eigenvalue weighted by Gasteiger charge is -2.14. The molecular formula is C13H20N2O4. The number of aliphatic hydroxyl groups is 1. The van der Waals surface area contributed by atoms with Crippen molar-refractivity contribution in [2.75, 3.05) is 19.7 Å². The minimum Gasteiger partial charge on any atom is -0.484 e. The molecule has 106 valence electrons. The average Bonchev–Trinajstić information content (AvgIpc) is 2.37. The van der Waals surface area contributed by atoms with Crippen molar-refractivity contribution in [1.29, 1.82) is 0 Å². The van der Waals surface area contributed by atoms with Crippen molar-refractivity contribution in [3.63, 3.8) is 0 Å². The van der Waals surface area contributed by atoms with Crippen LogP contribution in [0.4, 0.5) is 5.69 Å². The van der Waals surface area contributed by atoms with E-state index >= 15 is 0 Å². The number of nitrogens with zero attached hydrogens (tertiary/aromatic N) is 1. The molecule has 1 atom stereocenters. The minimum atomic E-state index is -0.689. The summed E-state index contributed by atoms with van der Waals surface area (Å²) in [6.45, 7) is 5.04. The van der Waals surface area contributed by atoms with Crippen LogP contribution in [0.5, 0.6) is 5.75 Å². The zero-order valence-corrected chi connectivity index (χ0v) is 11.3. The Morgan fingerprint density at radius 1 is 1.53 bits per heavy atom. The van der Waals surface area contributed by atoms with E-state index in [2.05, 4.69) is 5.32 Å². The van der Waals surface area contributed by atoms with E-state index in [1.807, 2.05) is 6.92 Å². The zero-order chi connectivity index (χ0) is 14.3. The molecule has 0 radical (unpaired) electrons. The molecule has 0 saturated heterocycles. The van der Waals surface area contributed by atoms with Crippen molar-refractivity contribution in [3.8, 4) is 5.75 Å². The Labute approximate surface area is 112 Å². The number of aliphatic hydroxyl groups excluding tert-OH is 1. The molecule has 19 heavy (non-hydrogen) atoms. The molecule has 0 saturated carbocycles. The molecule has 1 rings (SSSR count). The highest BCUT2D eigenvalue weighted by Crippen LogP contribution is 2.30. The fourth-order valence-corrected chi connectivity index (χ4v) is 1.65. The molecule has 2 N–H and O–H groups in total. The van der Waals surface area contributed by atoms with Gasteiger partial charge in [-0.05, 0) is 25.5 Å². The van der Waals surface area contributed by atoms with Gasteiger partial charge in [0.05, 0.1) is 4.92 Å². The average molecular weight is 268 g/mol. The summed E-state index contributed by atoms with van der Waals surface area (Å²) in [5.41, 5.74) is 0.608. The molecule has 0 aliphatic carbocycles. The first-order valence-electron chi connectivity index (χ1n) is 6.31. The van der Waals surface area contributed by atoms with Gasteiger partial charge in [0.15, 0.2) is 5.75 Å². The number of ether oxygens (including phenoxy) is 1. The van der Waals surface area contributed by atoms with Crippen molar-refractivity contribution in [2.45, 2.75) is 26.4 Å². The molecule has 0 aliphatic rings. The summed E-state index contributed by atoms with van der Waals surface area (Å²) in [5, 5.41) is 23.6. The van der Waals surface area contributed by atoms with Gasteiger partial charge in [-0.1, -0.05) is 19.1 Å². The highest BCUT2D eigenvalue weighted by atomic mass is 16.6. The third kappa shape index (κ3) is 4.84. The van der Waals surface area contributed by atoms with Gasteiger partial charge >= 0.3 is 5.69 Å². The van der Waals surface area contributed by atoms with Gasteiger partial charge in [-0.15, -0.1) is 0 Å². The lowest BCUT2D eigenvalue weighted by molar-refractivity contribution is -0.386. The largest absolute Gasteiger partial charge is 0.484 e. The normalized spacial score (nSPS) is 12.2. The molecule has 0 heterocycles. The summed E-state index contributed by atoms with van der Waals surface area (Å²) in [4.78, 5) is 10.4. The van der Waals surface area contributed by atoms with Crippen LogP contribution in [-0.4, -0.2) is 35.8 Å². The van der Waals surface area contributed by atoms with Gasteiger partial charge in [-0.2, -0.15) is 0 Å². The molecule has 0 spiro atoms. The summed E-state index contributed by atoms with van der Waals surface area (Å²) >= 11 is 0. The van der Waals surface area contributed by atoms with Crippen molar-refractivity contribution in [2.24, 2.45) is 0 Å². The van der Waals surface area contributed by atoms with Crippen molar-refractivity contribution in [3.05, 3.63) is 33.9 Å². The number of hydrogen-bond acceptors (Lipinski definition) is 5. The van der Waals surface area contributed by atoms with E-state index in [-0.39, 0.29) is 18.0 Å². The summed E-state index contributed by atoms with van der Waals surface area (Å²) < 4.78 is 5.39. The number of hydrogen-bond donors (Lipinski definition) is 2. The van der Waals surface area contributed by atoms with Gasteiger partial charge in [0.2, 0.25) is 0 Å². The smallest absolute Gasteiger partial charge is 0.311 e. The second-order valence-electron chi connectivity index (χ2n) is 4.35. The Bertz CT molecular complexity index is 423. The molecule has 0 fully saturated rings. The van der Waals surface area contributed by atoms with Crippen LogP contribution in [0.2, 0.25) is 0 Å². The molecule has 0 aromatic heterocycles. The number of nitro benzene ring substituents is 1. The first-order chi connectivity index (χ1) is 9.06. The van der Waals surface area contributed by atoms with Gasteiger partial charge in [0.25, 0.3) is 0 Å². The first-order valence-corrected chi connectivity index (χ1v) is 6.31. The molecule has 1 aromatic rings. The molecule has 0 aliphatic heterocycles. The Morgan fingerprint density at radius 2 is 2.26 bits per heavy atom. The van der Waals surface area contributed by atoms with Crippen LogP contribution >= 0.6 is 0 Å². The van der Waals surface area contributed by atoms with Crippen LogP contribution in [0, 0.1) is 17.0 Å². The van der Waals surface area contributed by atoms with E-state index in [1.165, 1.54) is 6.07 Å². The third-order valence-corrected chi connectivity index (χ3v) is 2.61. The van der Waals surface area contributed by atoms with Gasteiger partial charge in [0.1, 0.15) is 12.7 Å². The van der Waals surface area contributed by atoms with Crippen LogP contribution in [0.25, 0.3) is 0 Å². The second kappa shape index (κ2) is 7.70. The van der Waals surface area contributed by atoms with E-state index in [1.54, 1.807) is 19.1 Å². The van der Waals surface area contributed by atoms with Crippen molar-refractivity contribution in [1.82, 2.24) is 5.32 Å². The predicted molar refractivity (Wildman–Crippen MR) is 72.5 cm³/mol. The Balaban J connectivity index is 2.59. The standard InChI is InChI=1S/C13H20N2O4/c1-3-7-14-8-11(16)9-19-13-10(2)5-4-6-12(13)15(17)18/h4-6,11,14,16H,3,7-9H2,1-2H3. The molecular weight excluding hydrogens is 248 g/mol. The Kier molecular flexibility index (Phi) is 6.24. The zero-order valence-electron chi connectivity index (χ0n) is 11.3. The number of para-hydroxylation sites is 1. The summed E-state index contributed by atoms with van der Waals surface area (Å²) in [7, 11) is 0. The number of nitrogens with one attached hydrogen (secondary N) is 1. The molecule has 1 aromatic carbocycles. The number of rotatable bonds is 8. The van der Waals surface area contributed by atoms with Gasteiger partial charge in [0, 0.05) is 12.6 Å². The van der Waals surface area contributed by atoms with Crippen molar-refractivity contribution >= 4 is 5.69 Å². The molecule has 0 amide bonds. The molecule has 1 unspecified atom stereocenters. The fraction of sp³-hybridized carbons (Fsp3) is 0.538. The van der Waals surface area contributed by atoms with Crippen LogP contribution in [0.1, 0.15) is 18.9 Å². The van der Waals surface area contributed by atoms with Gasteiger partial charge in [-0.3, -0.25) is 10.1 Å². The lowest BCUT2D eigenvalue weighted by Crippen LogP contribution is -2.32. The van der Waals surface area contributed by atoms with Crippen LogP contribution < -0.4 is 10.1 Å². The van der Waals surface area contributed by atoms with E-state index in [4.69, 9.17) is 4.74 Å². The lowest BCUT2D eigenvalue weighted by atomic mass is 10.2. The highest BCUT2D eigenvalue weighted by Gasteiger charge is 2.18. The molecule has 0 bridgehead atoms. The maximum Gasteiger partial charge on any atom is 0.311 e. The van der Waals surface area contributed by atoms with E-state index in [9.17, 15) is 15.2 Å². The Hall–Kier alpha value is -1.66. The molecule has 6 heteroatoms. The maximum atomic E-state index is 10.9. The van der Waals surface area contributed by atoms with E-state index < -0.39 is 11.0 Å². The summed E-state index contributed by atoms with van der Waals surface area (Å²) in [5.74, 6) is 0.224. The summed E-state index contributed by atoms with van der Waals surface area (Å²) in [6, 6.07) is 4.74. The second-order valence-corrected chi connectivity index (χ2v) is 4.35. The number of nitro groups is 1. The van der Waals surface area contributed by atoms with Crippen LogP contribution in [0.3, 0.4) is 0 Å². The van der Waals surface area contributed by atoms with E-state index in [0.717, 1.165) is 13.0 Å². The van der Waals surface area contributed by atoms with Crippen LogP contribution in [-0.2, 0) is 0 Å². The van der Waals surface area contributed by atoms with Gasteiger partial charge < -0.3 is 15.2 Å². The first kappa shape index (κ1) is 15.4. The minimum absolute atomic E-state index is 0.0302. The SMILES string of the molecule is CCCNCC(O)COc1c(C)cccc1[N+](=O)[O-]. The van der Waals surface area contributed by atoms with Crippen molar-refractivity contribution < 1.29 is 14.8 Å². The topological polar surface area (TPSA) is 84.6 Å². The van der Waals surface area contributed by atoms with E-state index in [0.29, 0.717) is 12.1 Å².